The summed E-state index contributed by atoms with van der Waals surface area (Å²) in [4.78, 5) is 15.2. The lowest BCUT2D eigenvalue weighted by Gasteiger charge is -2.34. The number of hydrogen-bond donors (Lipinski definition) is 2. The minimum Gasteiger partial charge on any atom is -0.381 e. The van der Waals surface area contributed by atoms with Crippen molar-refractivity contribution in [1.29, 1.82) is 0 Å². The second kappa shape index (κ2) is 6.70. The smallest absolute Gasteiger partial charge is 0.242 e. The van der Waals surface area contributed by atoms with Crippen molar-refractivity contribution >= 4 is 34.2 Å². The third kappa shape index (κ3) is 2.90. The first kappa shape index (κ1) is 15.9. The topological polar surface area (TPSA) is 70.2 Å². The van der Waals surface area contributed by atoms with E-state index < -0.39 is 0 Å². The maximum atomic E-state index is 12.8. The second-order valence-electron chi connectivity index (χ2n) is 6.46. The molecule has 4 rings (SSSR count). The van der Waals surface area contributed by atoms with Crippen LogP contribution in [0.1, 0.15) is 25.7 Å². The van der Waals surface area contributed by atoms with Crippen LogP contribution in [0.4, 0.5) is 5.82 Å². The summed E-state index contributed by atoms with van der Waals surface area (Å²) in [7, 11) is 0. The molecule has 2 fully saturated rings. The number of carbonyl (C=O) groups excluding carboxylic acids is 1. The van der Waals surface area contributed by atoms with E-state index >= 15 is 0 Å². The molecule has 24 heavy (non-hydrogen) atoms. The van der Waals surface area contributed by atoms with Gasteiger partial charge in [0.25, 0.3) is 0 Å². The highest BCUT2D eigenvalue weighted by Gasteiger charge is 2.36. The lowest BCUT2D eigenvalue weighted by atomic mass is 10.1. The van der Waals surface area contributed by atoms with Gasteiger partial charge in [0.1, 0.15) is 0 Å². The number of halogens is 1. The molecule has 2 aliphatic heterocycles. The van der Waals surface area contributed by atoms with Crippen LogP contribution in [0.3, 0.4) is 0 Å². The summed E-state index contributed by atoms with van der Waals surface area (Å²) in [5.41, 5.74) is 0.752. The van der Waals surface area contributed by atoms with Crippen molar-refractivity contribution in [3.05, 3.63) is 23.2 Å². The Hall–Kier alpha value is -1.63. The average molecular weight is 349 g/mol. The van der Waals surface area contributed by atoms with E-state index in [9.17, 15) is 4.79 Å². The van der Waals surface area contributed by atoms with Gasteiger partial charge in [-0.05, 0) is 44.4 Å². The molecule has 2 aromatic rings. The SMILES string of the molecule is O=C(Nc1n[nH]c2c(Cl)cccc12)[C@@H]1CCCN1C1CCOCC1. The maximum absolute atomic E-state index is 12.8. The number of nitrogens with zero attached hydrogens (tertiary/aromatic N) is 2. The summed E-state index contributed by atoms with van der Waals surface area (Å²) < 4.78 is 5.45. The first-order chi connectivity index (χ1) is 11.7. The van der Waals surface area contributed by atoms with E-state index in [-0.39, 0.29) is 11.9 Å². The van der Waals surface area contributed by atoms with Gasteiger partial charge in [0, 0.05) is 24.6 Å². The summed E-state index contributed by atoms with van der Waals surface area (Å²) in [6, 6.07) is 5.93. The van der Waals surface area contributed by atoms with Crippen molar-refractivity contribution in [2.24, 2.45) is 0 Å². The fourth-order valence-electron chi connectivity index (χ4n) is 3.83. The van der Waals surface area contributed by atoms with Crippen LogP contribution < -0.4 is 5.32 Å². The van der Waals surface area contributed by atoms with Gasteiger partial charge in [0.2, 0.25) is 5.91 Å². The van der Waals surface area contributed by atoms with Crippen molar-refractivity contribution in [2.45, 2.75) is 37.8 Å². The van der Waals surface area contributed by atoms with Crippen molar-refractivity contribution in [3.8, 4) is 0 Å². The third-order valence-corrected chi connectivity index (χ3v) is 5.36. The van der Waals surface area contributed by atoms with E-state index in [0.29, 0.717) is 16.9 Å². The standard InChI is InChI=1S/C17H21ClN4O2/c18-13-4-1-3-12-15(13)20-21-16(12)19-17(23)14-5-2-8-22(14)11-6-9-24-10-7-11/h1,3-4,11,14H,2,5-10H2,(H2,19,20,21,23)/t14-/m0/s1. The number of hydrogen-bond acceptors (Lipinski definition) is 4. The van der Waals surface area contributed by atoms with E-state index in [2.05, 4.69) is 20.4 Å². The molecule has 3 heterocycles. The molecule has 1 aromatic heterocycles. The Morgan fingerprint density at radius 1 is 1.33 bits per heavy atom. The van der Waals surface area contributed by atoms with Gasteiger partial charge in [-0.25, -0.2) is 0 Å². The van der Waals surface area contributed by atoms with Gasteiger partial charge < -0.3 is 10.1 Å². The molecule has 1 atom stereocenters. The number of carbonyl (C=O) groups is 1. The number of nitrogens with one attached hydrogen (secondary N) is 2. The summed E-state index contributed by atoms with van der Waals surface area (Å²) in [6.07, 6.45) is 3.96. The second-order valence-corrected chi connectivity index (χ2v) is 6.87. The van der Waals surface area contributed by atoms with E-state index in [1.54, 1.807) is 6.07 Å². The van der Waals surface area contributed by atoms with Crippen molar-refractivity contribution in [3.63, 3.8) is 0 Å². The van der Waals surface area contributed by atoms with Crippen LogP contribution in [-0.4, -0.2) is 52.8 Å². The number of fused-ring (bicyclic) bond motifs is 1. The first-order valence-electron chi connectivity index (χ1n) is 8.51. The van der Waals surface area contributed by atoms with Gasteiger partial charge in [-0.1, -0.05) is 17.7 Å². The Morgan fingerprint density at radius 2 is 2.17 bits per heavy atom. The van der Waals surface area contributed by atoms with E-state index in [0.717, 1.165) is 56.3 Å². The van der Waals surface area contributed by atoms with Crippen LogP contribution in [0, 0.1) is 0 Å². The fraction of sp³-hybridized carbons (Fsp3) is 0.529. The molecule has 0 aliphatic carbocycles. The third-order valence-electron chi connectivity index (χ3n) is 5.05. The number of benzene rings is 1. The number of H-pyrrole nitrogens is 1. The predicted molar refractivity (Wildman–Crippen MR) is 93.3 cm³/mol. The molecule has 2 aliphatic rings. The summed E-state index contributed by atoms with van der Waals surface area (Å²) >= 11 is 6.15. The van der Waals surface area contributed by atoms with Gasteiger partial charge in [0.15, 0.2) is 5.82 Å². The zero-order chi connectivity index (χ0) is 16.5. The molecule has 128 valence electrons. The normalized spacial score (nSPS) is 23.0. The number of aromatic amines is 1. The Labute approximate surface area is 145 Å². The fourth-order valence-corrected chi connectivity index (χ4v) is 4.04. The van der Waals surface area contributed by atoms with Gasteiger partial charge in [-0.2, -0.15) is 5.10 Å². The number of para-hydroxylation sites is 1. The molecule has 0 saturated carbocycles. The monoisotopic (exact) mass is 348 g/mol. The molecule has 0 unspecified atom stereocenters. The molecule has 1 aromatic carbocycles. The Morgan fingerprint density at radius 3 is 3.00 bits per heavy atom. The summed E-state index contributed by atoms with van der Waals surface area (Å²) in [5, 5.41) is 11.6. The van der Waals surface area contributed by atoms with Gasteiger partial charge >= 0.3 is 0 Å². The molecular weight excluding hydrogens is 328 g/mol. The number of aromatic nitrogens is 2. The first-order valence-corrected chi connectivity index (χ1v) is 8.89. The van der Waals surface area contributed by atoms with Crippen molar-refractivity contribution in [2.75, 3.05) is 25.1 Å². The Kier molecular flexibility index (Phi) is 4.43. The van der Waals surface area contributed by atoms with E-state index in [1.807, 2.05) is 12.1 Å². The number of likely N-dealkylation sites (tertiary alicyclic amines) is 1. The molecule has 2 saturated heterocycles. The van der Waals surface area contributed by atoms with E-state index in [1.165, 1.54) is 0 Å². The molecule has 7 heteroatoms. The predicted octanol–water partition coefficient (Wildman–Crippen LogP) is 2.80. The zero-order valence-corrected chi connectivity index (χ0v) is 14.2. The maximum Gasteiger partial charge on any atom is 0.242 e. The van der Waals surface area contributed by atoms with Crippen LogP contribution >= 0.6 is 11.6 Å². The van der Waals surface area contributed by atoms with Gasteiger partial charge in [-0.3, -0.25) is 14.8 Å². The van der Waals surface area contributed by atoms with Crippen LogP contribution in [0.25, 0.3) is 10.9 Å². The van der Waals surface area contributed by atoms with Crippen molar-refractivity contribution < 1.29 is 9.53 Å². The number of anilines is 1. The van der Waals surface area contributed by atoms with Crippen LogP contribution in [0.5, 0.6) is 0 Å². The minimum atomic E-state index is -0.0842. The molecule has 6 nitrogen and oxygen atoms in total. The van der Waals surface area contributed by atoms with Gasteiger partial charge in [-0.15, -0.1) is 0 Å². The van der Waals surface area contributed by atoms with Crippen LogP contribution in [0.2, 0.25) is 5.02 Å². The molecule has 0 bridgehead atoms. The summed E-state index contributed by atoms with van der Waals surface area (Å²) in [5.74, 6) is 0.573. The van der Waals surface area contributed by atoms with Crippen LogP contribution in [-0.2, 0) is 9.53 Å². The lowest BCUT2D eigenvalue weighted by Crippen LogP contribution is -2.47. The molecule has 1 amide bonds. The number of ether oxygens (including phenoxy) is 1. The lowest BCUT2D eigenvalue weighted by molar-refractivity contribution is -0.121. The van der Waals surface area contributed by atoms with E-state index in [4.69, 9.17) is 16.3 Å². The Bertz CT molecular complexity index is 741. The average Bonchev–Trinajstić information content (AvgIpc) is 3.24. The highest BCUT2D eigenvalue weighted by molar-refractivity contribution is 6.35. The van der Waals surface area contributed by atoms with Crippen LogP contribution in [0.15, 0.2) is 18.2 Å². The van der Waals surface area contributed by atoms with Crippen molar-refractivity contribution in [1.82, 2.24) is 15.1 Å². The molecule has 0 radical (unpaired) electrons. The zero-order valence-electron chi connectivity index (χ0n) is 13.4. The highest BCUT2D eigenvalue weighted by atomic mass is 35.5. The largest absolute Gasteiger partial charge is 0.381 e. The number of rotatable bonds is 3. The summed E-state index contributed by atoms with van der Waals surface area (Å²) in [6.45, 7) is 2.56. The highest BCUT2D eigenvalue weighted by Crippen LogP contribution is 2.29. The number of amides is 1. The Balaban J connectivity index is 1.51. The molecule has 2 N–H and O–H groups in total. The minimum absolute atomic E-state index is 0.0207. The molecular formula is C17H21ClN4O2. The van der Waals surface area contributed by atoms with Gasteiger partial charge in [0.05, 0.1) is 16.6 Å². The molecule has 0 spiro atoms. The quantitative estimate of drug-likeness (QED) is 0.894.